The minimum Gasteiger partial charge on any atom is -0.337 e. The Hall–Kier alpha value is -4.76. The molecule has 0 saturated carbocycles. The van der Waals surface area contributed by atoms with Gasteiger partial charge < -0.3 is 13.7 Å². The van der Waals surface area contributed by atoms with Crippen molar-refractivity contribution in [3.63, 3.8) is 0 Å². The fourth-order valence-corrected chi connectivity index (χ4v) is 9.19. The summed E-state index contributed by atoms with van der Waals surface area (Å²) < 4.78 is 8.01. The van der Waals surface area contributed by atoms with E-state index in [9.17, 15) is 0 Å². The molecule has 2 aromatic carbocycles. The van der Waals surface area contributed by atoms with Crippen LogP contribution in [0, 0.1) is 5.92 Å². The molecule has 2 atom stereocenters. The zero-order chi connectivity index (χ0) is 30.4. The van der Waals surface area contributed by atoms with Crippen LogP contribution in [0.3, 0.4) is 0 Å². The third-order valence-electron chi connectivity index (χ3n) is 11.1. The summed E-state index contributed by atoms with van der Waals surface area (Å²) in [7, 11) is 0. The van der Waals surface area contributed by atoms with Crippen LogP contribution in [0.5, 0.6) is 0 Å². The van der Waals surface area contributed by atoms with Gasteiger partial charge >= 0.3 is 0 Å². The molecule has 0 spiro atoms. The van der Waals surface area contributed by atoms with Gasteiger partial charge in [-0.25, -0.2) is 0 Å². The zero-order valence-corrected chi connectivity index (χ0v) is 26.5. The molecule has 3 nitrogen and oxygen atoms in total. The summed E-state index contributed by atoms with van der Waals surface area (Å²) in [4.78, 5) is 0. The lowest BCUT2D eigenvalue weighted by atomic mass is 9.94. The van der Waals surface area contributed by atoms with Gasteiger partial charge in [0.25, 0.3) is 0 Å². The van der Waals surface area contributed by atoms with Crippen molar-refractivity contribution in [3.05, 3.63) is 130 Å². The molecule has 0 radical (unpaired) electrons. The Bertz CT molecular complexity index is 2280. The minimum atomic E-state index is 0.228. The van der Waals surface area contributed by atoms with E-state index in [0.29, 0.717) is 5.92 Å². The molecule has 0 amide bonds. The SMILES string of the molecule is C[C@H]1C=Cc2c(n(C3=CC(n4c5c(c6c4CCC=C6)CCC=C5)CC(n4c5c(c6ccccc64)C=CCC5)=C3)c3ccccc23)C1. The minimum absolute atomic E-state index is 0.228. The van der Waals surface area contributed by atoms with Gasteiger partial charge in [0.15, 0.2) is 0 Å². The highest BCUT2D eigenvalue weighted by Gasteiger charge is 2.31. The number of rotatable bonds is 3. The third kappa shape index (κ3) is 3.78. The molecule has 3 heterocycles. The van der Waals surface area contributed by atoms with E-state index < -0.39 is 0 Å². The standard InChI is InChI=1S/C43H39N3/c1-28-22-23-37-36-16-6-11-21-42(36)46(43(37)24-28)31-26-29(44-38-17-7-2-12-32(38)33-13-3-8-18-39(33)44)25-30(27-31)45-40-19-9-4-14-34(40)35-15-5-10-20-41(35)45/h2-4,6-7,10-14,16-17,20-23,26-28,30H,5,8-9,15,18-19,24-25H2,1H3/t28-,30?/m0/s1. The highest BCUT2D eigenvalue weighted by Crippen LogP contribution is 2.45. The molecule has 5 aromatic rings. The molecular weight excluding hydrogens is 558 g/mol. The van der Waals surface area contributed by atoms with E-state index in [1.54, 1.807) is 5.56 Å². The molecule has 5 aliphatic rings. The maximum absolute atomic E-state index is 2.75. The normalized spacial score (nSPS) is 21.2. The van der Waals surface area contributed by atoms with Gasteiger partial charge in [0.05, 0.1) is 17.1 Å². The van der Waals surface area contributed by atoms with Gasteiger partial charge in [0.2, 0.25) is 0 Å². The Morgan fingerprint density at radius 1 is 0.630 bits per heavy atom. The van der Waals surface area contributed by atoms with Crippen molar-refractivity contribution in [2.75, 3.05) is 0 Å². The summed E-state index contributed by atoms with van der Waals surface area (Å²) in [5, 5.41) is 2.73. The number of aromatic nitrogens is 3. The van der Waals surface area contributed by atoms with Crippen molar-refractivity contribution in [2.24, 2.45) is 5.92 Å². The molecule has 226 valence electrons. The molecule has 0 N–H and O–H groups in total. The van der Waals surface area contributed by atoms with Crippen LogP contribution in [0.15, 0.2) is 85.0 Å². The highest BCUT2D eigenvalue weighted by atomic mass is 15.1. The second kappa shape index (κ2) is 10.1. The Morgan fingerprint density at radius 3 is 2.13 bits per heavy atom. The molecule has 10 rings (SSSR count). The Labute approximate surface area is 270 Å². The van der Waals surface area contributed by atoms with Crippen molar-refractivity contribution in [1.29, 1.82) is 0 Å². The topological polar surface area (TPSA) is 14.8 Å². The predicted octanol–water partition coefficient (Wildman–Crippen LogP) is 10.5. The van der Waals surface area contributed by atoms with Gasteiger partial charge in [-0.05, 0) is 92.4 Å². The summed E-state index contributed by atoms with van der Waals surface area (Å²) in [6.07, 6.45) is 33.0. The fraction of sp³-hybridized carbons (Fsp3) is 0.256. The van der Waals surface area contributed by atoms with Gasteiger partial charge in [0.1, 0.15) is 0 Å². The quantitative estimate of drug-likeness (QED) is 0.197. The molecule has 0 fully saturated rings. The summed E-state index contributed by atoms with van der Waals surface area (Å²) in [5.74, 6) is 0.520. The van der Waals surface area contributed by atoms with Crippen LogP contribution < -0.4 is 0 Å². The van der Waals surface area contributed by atoms with E-state index in [1.165, 1.54) is 72.7 Å². The van der Waals surface area contributed by atoms with Gasteiger partial charge in [-0.2, -0.15) is 0 Å². The highest BCUT2D eigenvalue weighted by molar-refractivity contribution is 5.98. The number of para-hydroxylation sites is 2. The second-order valence-electron chi connectivity index (χ2n) is 13.9. The molecular formula is C43H39N3. The summed E-state index contributed by atoms with van der Waals surface area (Å²) >= 11 is 0. The first-order valence-electron chi connectivity index (χ1n) is 17.4. The van der Waals surface area contributed by atoms with Crippen molar-refractivity contribution in [1.82, 2.24) is 13.7 Å². The average Bonchev–Trinajstić information content (AvgIpc) is 3.73. The predicted molar refractivity (Wildman–Crippen MR) is 194 cm³/mol. The first kappa shape index (κ1) is 26.5. The lowest BCUT2D eigenvalue weighted by Crippen LogP contribution is -2.20. The molecule has 3 heteroatoms. The average molecular weight is 598 g/mol. The van der Waals surface area contributed by atoms with Crippen molar-refractivity contribution in [2.45, 2.75) is 64.3 Å². The maximum atomic E-state index is 2.75. The number of allylic oxidation sites excluding steroid dienone is 8. The molecule has 46 heavy (non-hydrogen) atoms. The molecule has 1 unspecified atom stereocenters. The van der Waals surface area contributed by atoms with E-state index in [2.05, 4.69) is 130 Å². The monoisotopic (exact) mass is 597 g/mol. The molecule has 0 bridgehead atoms. The molecule has 0 aliphatic heterocycles. The van der Waals surface area contributed by atoms with Crippen LogP contribution >= 0.6 is 0 Å². The van der Waals surface area contributed by atoms with Crippen LogP contribution in [-0.2, 0) is 25.7 Å². The van der Waals surface area contributed by atoms with Crippen LogP contribution in [0.4, 0.5) is 0 Å². The lowest BCUT2D eigenvalue weighted by molar-refractivity contribution is 0.572. The van der Waals surface area contributed by atoms with Crippen molar-refractivity contribution in [3.8, 4) is 0 Å². The zero-order valence-electron chi connectivity index (χ0n) is 26.5. The van der Waals surface area contributed by atoms with Gasteiger partial charge in [-0.15, -0.1) is 0 Å². The maximum Gasteiger partial charge on any atom is 0.0597 e. The number of fused-ring (bicyclic) bond motifs is 9. The Kier molecular flexibility index (Phi) is 5.82. The van der Waals surface area contributed by atoms with Crippen LogP contribution in [-0.4, -0.2) is 13.7 Å². The van der Waals surface area contributed by atoms with Crippen LogP contribution in [0.2, 0.25) is 0 Å². The second-order valence-corrected chi connectivity index (χ2v) is 13.9. The summed E-state index contributed by atoms with van der Waals surface area (Å²) in [6, 6.07) is 18.3. The number of benzene rings is 2. The largest absolute Gasteiger partial charge is 0.337 e. The van der Waals surface area contributed by atoms with E-state index in [1.807, 2.05) is 0 Å². The van der Waals surface area contributed by atoms with Gasteiger partial charge in [-0.3, -0.25) is 0 Å². The summed E-state index contributed by atoms with van der Waals surface area (Å²) in [5.41, 5.74) is 17.1. The molecule has 3 aromatic heterocycles. The van der Waals surface area contributed by atoms with E-state index in [0.717, 1.165) is 51.4 Å². The number of hydrogen-bond donors (Lipinski definition) is 0. The van der Waals surface area contributed by atoms with Gasteiger partial charge in [0, 0.05) is 62.5 Å². The first-order chi connectivity index (χ1) is 22.7. The molecule has 0 saturated heterocycles. The van der Waals surface area contributed by atoms with Crippen LogP contribution in [0.1, 0.15) is 83.7 Å². The van der Waals surface area contributed by atoms with E-state index >= 15 is 0 Å². The first-order valence-corrected chi connectivity index (χ1v) is 17.4. The lowest BCUT2D eigenvalue weighted by Gasteiger charge is -2.30. The van der Waals surface area contributed by atoms with Crippen LogP contribution in [0.25, 0.3) is 57.5 Å². The summed E-state index contributed by atoms with van der Waals surface area (Å²) in [6.45, 7) is 2.35. The Balaban J connectivity index is 1.26. The fourth-order valence-electron chi connectivity index (χ4n) is 9.19. The molecule has 5 aliphatic carbocycles. The number of nitrogens with zero attached hydrogens (tertiary/aromatic N) is 3. The van der Waals surface area contributed by atoms with Gasteiger partial charge in [-0.1, -0.05) is 85.9 Å². The third-order valence-corrected chi connectivity index (χ3v) is 11.1. The van der Waals surface area contributed by atoms with Crippen molar-refractivity contribution < 1.29 is 0 Å². The van der Waals surface area contributed by atoms with Crippen molar-refractivity contribution >= 4 is 57.5 Å². The Morgan fingerprint density at radius 2 is 1.30 bits per heavy atom. The number of hydrogen-bond acceptors (Lipinski definition) is 0. The van der Waals surface area contributed by atoms with E-state index in [-0.39, 0.29) is 6.04 Å². The van der Waals surface area contributed by atoms with E-state index in [4.69, 9.17) is 0 Å². The smallest absolute Gasteiger partial charge is 0.0597 e.